The first-order valence-electron chi connectivity index (χ1n) is 9.48. The van der Waals surface area contributed by atoms with Crippen molar-refractivity contribution >= 4 is 16.9 Å². The van der Waals surface area contributed by atoms with Crippen molar-refractivity contribution in [2.75, 3.05) is 13.7 Å². The highest BCUT2D eigenvalue weighted by Crippen LogP contribution is 2.41. The van der Waals surface area contributed by atoms with E-state index in [1.165, 1.54) is 10.9 Å². The molecule has 1 saturated carbocycles. The molecule has 0 saturated heterocycles. The topological polar surface area (TPSA) is 66.2 Å². The molecule has 0 radical (unpaired) electrons. The molecule has 5 nitrogen and oxygen atoms in total. The van der Waals surface area contributed by atoms with Crippen LogP contribution in [0.5, 0.6) is 5.75 Å². The molecule has 0 bridgehead atoms. The van der Waals surface area contributed by atoms with Gasteiger partial charge in [0.1, 0.15) is 5.75 Å². The zero-order chi connectivity index (χ0) is 18.6. The normalized spacial score (nSPS) is 14.7. The molecule has 1 atom stereocenters. The van der Waals surface area contributed by atoms with E-state index in [1.54, 1.807) is 7.11 Å². The van der Waals surface area contributed by atoms with Crippen LogP contribution in [-0.4, -0.2) is 24.7 Å². The SMILES string of the molecule is COc1ccc(C(NC(=O)NCCc2c[nH]c3ccccc23)C2CC2)cc1. The lowest BCUT2D eigenvalue weighted by molar-refractivity contribution is 0.235. The van der Waals surface area contributed by atoms with Crippen molar-refractivity contribution in [3.8, 4) is 5.75 Å². The summed E-state index contributed by atoms with van der Waals surface area (Å²) in [7, 11) is 1.66. The predicted molar refractivity (Wildman–Crippen MR) is 107 cm³/mol. The van der Waals surface area contributed by atoms with Crippen molar-refractivity contribution in [2.45, 2.75) is 25.3 Å². The molecule has 1 unspecified atom stereocenters. The molecule has 1 aliphatic carbocycles. The second-order valence-electron chi connectivity index (χ2n) is 7.10. The maximum atomic E-state index is 12.4. The number of carbonyl (C=O) groups excluding carboxylic acids is 1. The van der Waals surface area contributed by atoms with E-state index in [-0.39, 0.29) is 12.1 Å². The monoisotopic (exact) mass is 363 g/mol. The third-order valence-electron chi connectivity index (χ3n) is 5.21. The van der Waals surface area contributed by atoms with E-state index >= 15 is 0 Å². The molecule has 1 fully saturated rings. The number of hydrogen-bond acceptors (Lipinski definition) is 2. The fraction of sp³-hybridized carbons (Fsp3) is 0.318. The van der Waals surface area contributed by atoms with Crippen molar-refractivity contribution in [1.82, 2.24) is 15.6 Å². The van der Waals surface area contributed by atoms with Gasteiger partial charge in [0.2, 0.25) is 0 Å². The highest BCUT2D eigenvalue weighted by atomic mass is 16.5. The van der Waals surface area contributed by atoms with Gasteiger partial charge in [0.05, 0.1) is 13.2 Å². The number of rotatable bonds is 7. The summed E-state index contributed by atoms with van der Waals surface area (Å²) in [6.45, 7) is 0.605. The van der Waals surface area contributed by atoms with Crippen LogP contribution in [0.25, 0.3) is 10.9 Å². The van der Waals surface area contributed by atoms with E-state index < -0.39 is 0 Å². The van der Waals surface area contributed by atoms with Gasteiger partial charge in [-0.1, -0.05) is 30.3 Å². The molecule has 4 rings (SSSR count). The van der Waals surface area contributed by atoms with Crippen LogP contribution in [0.2, 0.25) is 0 Å². The van der Waals surface area contributed by atoms with Gasteiger partial charge in [-0.05, 0) is 54.5 Å². The Kier molecular flexibility index (Phi) is 5.01. The minimum Gasteiger partial charge on any atom is -0.497 e. The Bertz CT molecular complexity index is 913. The molecule has 5 heteroatoms. The van der Waals surface area contributed by atoms with Crippen molar-refractivity contribution in [2.24, 2.45) is 5.92 Å². The molecule has 2 aromatic carbocycles. The Labute approximate surface area is 159 Å². The second kappa shape index (κ2) is 7.74. The van der Waals surface area contributed by atoms with Crippen LogP contribution < -0.4 is 15.4 Å². The number of hydrogen-bond donors (Lipinski definition) is 3. The first kappa shape index (κ1) is 17.5. The van der Waals surface area contributed by atoms with Crippen molar-refractivity contribution in [3.05, 3.63) is 65.9 Å². The summed E-state index contributed by atoms with van der Waals surface area (Å²) in [5.74, 6) is 1.36. The summed E-state index contributed by atoms with van der Waals surface area (Å²) in [5.41, 5.74) is 3.48. The highest BCUT2D eigenvalue weighted by Gasteiger charge is 2.33. The average molecular weight is 363 g/mol. The first-order valence-corrected chi connectivity index (χ1v) is 9.48. The van der Waals surface area contributed by atoms with Gasteiger partial charge >= 0.3 is 6.03 Å². The number of para-hydroxylation sites is 1. The lowest BCUT2D eigenvalue weighted by Gasteiger charge is -2.19. The number of benzene rings is 2. The largest absolute Gasteiger partial charge is 0.497 e. The Balaban J connectivity index is 1.33. The fourth-order valence-electron chi connectivity index (χ4n) is 3.56. The molecule has 3 N–H and O–H groups in total. The first-order chi connectivity index (χ1) is 13.2. The smallest absolute Gasteiger partial charge is 0.315 e. The van der Waals surface area contributed by atoms with Crippen molar-refractivity contribution in [3.63, 3.8) is 0 Å². The molecular formula is C22H25N3O2. The van der Waals surface area contributed by atoms with Gasteiger partial charge < -0.3 is 20.4 Å². The van der Waals surface area contributed by atoms with E-state index in [0.29, 0.717) is 12.5 Å². The van der Waals surface area contributed by atoms with E-state index in [2.05, 4.69) is 27.8 Å². The van der Waals surface area contributed by atoms with Crippen LogP contribution >= 0.6 is 0 Å². The van der Waals surface area contributed by atoms with Crippen LogP contribution in [0.15, 0.2) is 54.7 Å². The molecule has 1 aromatic heterocycles. The van der Waals surface area contributed by atoms with Crippen LogP contribution in [0.4, 0.5) is 4.79 Å². The lowest BCUT2D eigenvalue weighted by atomic mass is 10.0. The molecule has 140 valence electrons. The second-order valence-corrected chi connectivity index (χ2v) is 7.10. The zero-order valence-corrected chi connectivity index (χ0v) is 15.5. The number of aromatic nitrogens is 1. The van der Waals surface area contributed by atoms with Crippen molar-refractivity contribution < 1.29 is 9.53 Å². The molecule has 0 spiro atoms. The minimum absolute atomic E-state index is 0.0593. The number of amides is 2. The van der Waals surface area contributed by atoms with Gasteiger partial charge in [-0.15, -0.1) is 0 Å². The van der Waals surface area contributed by atoms with Gasteiger partial charge in [0.25, 0.3) is 0 Å². The van der Waals surface area contributed by atoms with E-state index in [9.17, 15) is 4.79 Å². The summed E-state index contributed by atoms with van der Waals surface area (Å²) in [6.07, 6.45) is 5.14. The standard InChI is InChI=1S/C22H25N3O2/c1-27-18-10-8-16(9-11-18)21(15-6-7-15)25-22(26)23-13-12-17-14-24-20-5-3-2-4-19(17)20/h2-5,8-11,14-15,21,24H,6-7,12-13H2,1H3,(H2,23,25,26). The Morgan fingerprint density at radius 3 is 2.70 bits per heavy atom. The van der Waals surface area contributed by atoms with Crippen LogP contribution in [0.3, 0.4) is 0 Å². The number of methoxy groups -OCH3 is 1. The molecule has 27 heavy (non-hydrogen) atoms. The summed E-state index contributed by atoms with van der Waals surface area (Å²) in [4.78, 5) is 15.7. The van der Waals surface area contributed by atoms with E-state index in [1.807, 2.05) is 42.6 Å². The Hall–Kier alpha value is -2.95. The van der Waals surface area contributed by atoms with Gasteiger partial charge in [-0.3, -0.25) is 0 Å². The third-order valence-corrected chi connectivity index (χ3v) is 5.21. The zero-order valence-electron chi connectivity index (χ0n) is 15.5. The fourth-order valence-corrected chi connectivity index (χ4v) is 3.56. The van der Waals surface area contributed by atoms with Gasteiger partial charge in [-0.25, -0.2) is 4.79 Å². The number of nitrogens with one attached hydrogen (secondary N) is 3. The maximum absolute atomic E-state index is 12.4. The summed E-state index contributed by atoms with van der Waals surface area (Å²) < 4.78 is 5.22. The molecular weight excluding hydrogens is 338 g/mol. The number of H-pyrrole nitrogens is 1. The van der Waals surface area contributed by atoms with Crippen LogP contribution in [0, 0.1) is 5.92 Å². The molecule has 1 aliphatic rings. The van der Waals surface area contributed by atoms with Gasteiger partial charge in [-0.2, -0.15) is 0 Å². The summed E-state index contributed by atoms with van der Waals surface area (Å²) >= 11 is 0. The predicted octanol–water partition coefficient (Wildman–Crippen LogP) is 4.17. The molecule has 2 amide bonds. The lowest BCUT2D eigenvalue weighted by Crippen LogP contribution is -2.39. The number of aromatic amines is 1. The highest BCUT2D eigenvalue weighted by molar-refractivity contribution is 5.83. The number of urea groups is 1. The number of ether oxygens (including phenoxy) is 1. The van der Waals surface area contributed by atoms with Gasteiger partial charge in [0.15, 0.2) is 0 Å². The average Bonchev–Trinajstić information content (AvgIpc) is 3.47. The maximum Gasteiger partial charge on any atom is 0.315 e. The third kappa shape index (κ3) is 4.08. The van der Waals surface area contributed by atoms with E-state index in [0.717, 1.165) is 36.1 Å². The number of carbonyl (C=O) groups is 1. The van der Waals surface area contributed by atoms with Crippen molar-refractivity contribution in [1.29, 1.82) is 0 Å². The van der Waals surface area contributed by atoms with E-state index in [4.69, 9.17) is 4.74 Å². The molecule has 0 aliphatic heterocycles. The number of fused-ring (bicyclic) bond motifs is 1. The minimum atomic E-state index is -0.109. The Morgan fingerprint density at radius 1 is 1.19 bits per heavy atom. The molecule has 1 heterocycles. The molecule has 3 aromatic rings. The van der Waals surface area contributed by atoms with Crippen LogP contribution in [-0.2, 0) is 6.42 Å². The summed E-state index contributed by atoms with van der Waals surface area (Å²) in [5, 5.41) is 7.37. The summed E-state index contributed by atoms with van der Waals surface area (Å²) in [6, 6.07) is 16.1. The van der Waals surface area contributed by atoms with Crippen LogP contribution in [0.1, 0.15) is 30.0 Å². The Morgan fingerprint density at radius 2 is 1.96 bits per heavy atom. The quantitative estimate of drug-likeness (QED) is 0.590. The van der Waals surface area contributed by atoms with Gasteiger partial charge in [0, 0.05) is 23.6 Å².